The molecule has 3 aromatic rings. The summed E-state index contributed by atoms with van der Waals surface area (Å²) < 4.78 is 17.1. The van der Waals surface area contributed by atoms with Gasteiger partial charge in [0.2, 0.25) is 0 Å². The van der Waals surface area contributed by atoms with E-state index in [1.54, 1.807) is 19.1 Å². The van der Waals surface area contributed by atoms with E-state index < -0.39 is 5.97 Å². The van der Waals surface area contributed by atoms with Gasteiger partial charge in [-0.1, -0.05) is 30.3 Å². The number of fused-ring (bicyclic) bond motifs is 1. The molecule has 23 heavy (non-hydrogen) atoms. The topological polar surface area (TPSA) is 48.7 Å². The monoisotopic (exact) mass is 374 g/mol. The summed E-state index contributed by atoms with van der Waals surface area (Å²) in [5.74, 6) is 0.754. The number of halogens is 1. The maximum Gasteiger partial charge on any atom is 0.342 e. The number of methoxy groups -OCH3 is 1. The first kappa shape index (κ1) is 15.6. The minimum absolute atomic E-state index is 0.419. The van der Waals surface area contributed by atoms with Crippen molar-refractivity contribution in [3.05, 3.63) is 63.8 Å². The van der Waals surface area contributed by atoms with Gasteiger partial charge in [0.05, 0.1) is 11.6 Å². The number of furan rings is 1. The van der Waals surface area contributed by atoms with E-state index in [-0.39, 0.29) is 0 Å². The fourth-order valence-electron chi connectivity index (χ4n) is 2.42. The second kappa shape index (κ2) is 6.46. The van der Waals surface area contributed by atoms with Crippen molar-refractivity contribution in [3.8, 4) is 5.75 Å². The van der Waals surface area contributed by atoms with Gasteiger partial charge in [0.15, 0.2) is 0 Å². The number of hydrogen-bond acceptors (Lipinski definition) is 4. The van der Waals surface area contributed by atoms with E-state index >= 15 is 0 Å². The first-order valence-electron chi connectivity index (χ1n) is 7.08. The third kappa shape index (κ3) is 3.10. The van der Waals surface area contributed by atoms with Crippen LogP contribution in [0.3, 0.4) is 0 Å². The average Bonchev–Trinajstić information content (AvgIpc) is 2.87. The fraction of sp³-hybridized carbons (Fsp3) is 0.167. The normalized spacial score (nSPS) is 10.7. The summed E-state index contributed by atoms with van der Waals surface area (Å²) in [4.78, 5) is 12.0. The number of ether oxygens (including phenoxy) is 2. The zero-order valence-electron chi connectivity index (χ0n) is 12.8. The van der Waals surface area contributed by atoms with Gasteiger partial charge in [-0.3, -0.25) is 0 Å². The van der Waals surface area contributed by atoms with E-state index in [2.05, 4.69) is 15.9 Å². The Hall–Kier alpha value is -2.27. The molecule has 4 nitrogen and oxygen atoms in total. The van der Waals surface area contributed by atoms with Crippen LogP contribution in [0.15, 0.2) is 51.4 Å². The van der Waals surface area contributed by atoms with Gasteiger partial charge in [-0.15, -0.1) is 0 Å². The van der Waals surface area contributed by atoms with Crippen molar-refractivity contribution in [2.24, 2.45) is 0 Å². The molecule has 0 unspecified atom stereocenters. The summed E-state index contributed by atoms with van der Waals surface area (Å²) in [6.07, 6.45) is 0. The first-order chi connectivity index (χ1) is 11.1. The minimum atomic E-state index is -0.419. The van der Waals surface area contributed by atoms with Crippen LogP contribution in [0.1, 0.15) is 21.7 Å². The van der Waals surface area contributed by atoms with Crippen molar-refractivity contribution in [1.82, 2.24) is 0 Å². The van der Waals surface area contributed by atoms with E-state index in [0.717, 1.165) is 10.0 Å². The Morgan fingerprint density at radius 2 is 1.96 bits per heavy atom. The van der Waals surface area contributed by atoms with Gasteiger partial charge in [0, 0.05) is 5.39 Å². The molecule has 0 fully saturated rings. The van der Waals surface area contributed by atoms with Crippen LogP contribution >= 0.6 is 15.9 Å². The molecule has 5 heteroatoms. The summed E-state index contributed by atoms with van der Waals surface area (Å²) in [6, 6.07) is 13.5. The highest BCUT2D eigenvalue weighted by Gasteiger charge is 2.20. The van der Waals surface area contributed by atoms with Gasteiger partial charge in [-0.25, -0.2) is 4.79 Å². The summed E-state index contributed by atoms with van der Waals surface area (Å²) in [6.45, 7) is 2.18. The molecule has 0 aliphatic heterocycles. The van der Waals surface area contributed by atoms with Crippen LogP contribution in [0.5, 0.6) is 5.75 Å². The molecule has 0 bridgehead atoms. The highest BCUT2D eigenvalue weighted by molar-refractivity contribution is 9.10. The summed E-state index contributed by atoms with van der Waals surface area (Å²) in [5.41, 5.74) is 2.11. The molecule has 1 aromatic heterocycles. The average molecular weight is 375 g/mol. The van der Waals surface area contributed by atoms with Gasteiger partial charge in [0.25, 0.3) is 0 Å². The summed E-state index contributed by atoms with van der Waals surface area (Å²) in [7, 11) is 1.35. The van der Waals surface area contributed by atoms with Crippen molar-refractivity contribution in [2.75, 3.05) is 7.11 Å². The van der Waals surface area contributed by atoms with Crippen LogP contribution < -0.4 is 4.74 Å². The SMILES string of the molecule is COC(=O)c1c(C)oc2cc(Br)c(OCc3ccccc3)cc12. The Morgan fingerprint density at radius 3 is 2.65 bits per heavy atom. The predicted molar refractivity (Wildman–Crippen MR) is 90.8 cm³/mol. The Balaban J connectivity index is 1.97. The molecule has 0 atom stereocenters. The van der Waals surface area contributed by atoms with E-state index in [0.29, 0.717) is 34.6 Å². The molecule has 0 saturated carbocycles. The van der Waals surface area contributed by atoms with Crippen molar-refractivity contribution in [3.63, 3.8) is 0 Å². The predicted octanol–water partition coefficient (Wildman–Crippen LogP) is 4.87. The number of rotatable bonds is 4. The number of hydrogen-bond donors (Lipinski definition) is 0. The van der Waals surface area contributed by atoms with Gasteiger partial charge in [-0.2, -0.15) is 0 Å². The standard InChI is InChI=1S/C18H15BrO4/c1-11-17(18(20)21-2)13-8-16(14(19)9-15(13)23-11)22-10-12-6-4-3-5-7-12/h3-9H,10H2,1-2H3. The van der Waals surface area contributed by atoms with Crippen LogP contribution in [0, 0.1) is 6.92 Å². The highest BCUT2D eigenvalue weighted by atomic mass is 79.9. The van der Waals surface area contributed by atoms with E-state index in [9.17, 15) is 4.79 Å². The molecule has 0 spiro atoms. The highest BCUT2D eigenvalue weighted by Crippen LogP contribution is 2.35. The van der Waals surface area contributed by atoms with Crippen molar-refractivity contribution >= 4 is 32.9 Å². The Bertz CT molecular complexity index is 852. The zero-order valence-corrected chi connectivity index (χ0v) is 14.3. The molecule has 118 valence electrons. The lowest BCUT2D eigenvalue weighted by atomic mass is 10.1. The number of carbonyl (C=O) groups excluding carboxylic acids is 1. The Kier molecular flexibility index (Phi) is 4.39. The third-order valence-corrected chi connectivity index (χ3v) is 4.16. The second-order valence-electron chi connectivity index (χ2n) is 5.08. The van der Waals surface area contributed by atoms with Crippen LogP contribution in [0.4, 0.5) is 0 Å². The van der Waals surface area contributed by atoms with E-state index in [1.807, 2.05) is 30.3 Å². The maximum absolute atomic E-state index is 12.0. The molecule has 2 aromatic carbocycles. The van der Waals surface area contributed by atoms with Crippen molar-refractivity contribution in [1.29, 1.82) is 0 Å². The van der Waals surface area contributed by atoms with Crippen LogP contribution in [0.2, 0.25) is 0 Å². The van der Waals surface area contributed by atoms with E-state index in [1.165, 1.54) is 7.11 Å². The molecule has 1 heterocycles. The smallest absolute Gasteiger partial charge is 0.342 e. The number of aryl methyl sites for hydroxylation is 1. The van der Waals surface area contributed by atoms with Gasteiger partial charge in [0.1, 0.15) is 29.3 Å². The Morgan fingerprint density at radius 1 is 1.22 bits per heavy atom. The van der Waals surface area contributed by atoms with E-state index in [4.69, 9.17) is 13.9 Å². The van der Waals surface area contributed by atoms with Crippen LogP contribution in [0.25, 0.3) is 11.0 Å². The van der Waals surface area contributed by atoms with Crippen LogP contribution in [-0.4, -0.2) is 13.1 Å². The summed E-state index contributed by atoms with van der Waals surface area (Å²) in [5, 5.41) is 0.681. The van der Waals surface area contributed by atoms with Crippen molar-refractivity contribution < 1.29 is 18.7 Å². The zero-order chi connectivity index (χ0) is 16.4. The van der Waals surface area contributed by atoms with Gasteiger partial charge >= 0.3 is 5.97 Å². The number of esters is 1. The van der Waals surface area contributed by atoms with Gasteiger partial charge in [-0.05, 0) is 40.5 Å². The molecule has 0 saturated heterocycles. The van der Waals surface area contributed by atoms with Crippen LogP contribution in [-0.2, 0) is 11.3 Å². The molecular formula is C18H15BrO4. The number of carbonyl (C=O) groups is 1. The molecule has 0 amide bonds. The molecule has 0 aliphatic carbocycles. The lowest BCUT2D eigenvalue weighted by Crippen LogP contribution is -2.02. The molecule has 0 aliphatic rings. The Labute approximate surface area is 142 Å². The third-order valence-electron chi connectivity index (χ3n) is 3.55. The fourth-order valence-corrected chi connectivity index (χ4v) is 2.86. The molecule has 3 rings (SSSR count). The molecule has 0 N–H and O–H groups in total. The second-order valence-corrected chi connectivity index (χ2v) is 5.93. The van der Waals surface area contributed by atoms with Crippen molar-refractivity contribution in [2.45, 2.75) is 13.5 Å². The quantitative estimate of drug-likeness (QED) is 0.611. The number of benzene rings is 2. The molecule has 0 radical (unpaired) electrons. The van der Waals surface area contributed by atoms with Gasteiger partial charge < -0.3 is 13.9 Å². The lowest BCUT2D eigenvalue weighted by molar-refractivity contribution is 0.0601. The minimum Gasteiger partial charge on any atom is -0.488 e. The molecular weight excluding hydrogens is 360 g/mol. The lowest BCUT2D eigenvalue weighted by Gasteiger charge is -2.08. The largest absolute Gasteiger partial charge is 0.488 e. The maximum atomic E-state index is 12.0. The first-order valence-corrected chi connectivity index (χ1v) is 7.87. The summed E-state index contributed by atoms with van der Waals surface area (Å²) >= 11 is 3.48.